The molecule has 0 unspecified atom stereocenters. The van der Waals surface area contributed by atoms with E-state index in [4.69, 9.17) is 30.5 Å². The topological polar surface area (TPSA) is 91.4 Å². The number of hydrogen-bond donors (Lipinski definition) is 0. The summed E-state index contributed by atoms with van der Waals surface area (Å²) in [7, 11) is 0.0416. The average Bonchev–Trinajstić information content (AvgIpc) is 2.71. The molecule has 0 radical (unpaired) electrons. The standard InChI is InChI=1S/C19H22ClNO7S/c1-5-28-19(22)12-21(16-10-13(25-2)6-8-18(16)27-4)29(23,24)14-7-9-17(26-3)15(20)11-14/h6-11H,5,12H2,1-4H3. The Bertz CT molecular complexity index is 979. The molecule has 0 saturated carbocycles. The van der Waals surface area contributed by atoms with Crippen molar-refractivity contribution in [2.24, 2.45) is 0 Å². The van der Waals surface area contributed by atoms with E-state index >= 15 is 0 Å². The maximum Gasteiger partial charge on any atom is 0.326 e. The van der Waals surface area contributed by atoms with E-state index in [0.717, 1.165) is 4.31 Å². The maximum absolute atomic E-state index is 13.4. The first-order chi connectivity index (χ1) is 13.8. The van der Waals surface area contributed by atoms with E-state index in [1.54, 1.807) is 19.1 Å². The quantitative estimate of drug-likeness (QED) is 0.550. The fourth-order valence-corrected chi connectivity index (χ4v) is 4.31. The van der Waals surface area contributed by atoms with Crippen molar-refractivity contribution in [3.63, 3.8) is 0 Å². The molecule has 0 fully saturated rings. The van der Waals surface area contributed by atoms with Gasteiger partial charge in [-0.25, -0.2) is 8.42 Å². The van der Waals surface area contributed by atoms with Gasteiger partial charge in [0.2, 0.25) is 0 Å². The lowest BCUT2D eigenvalue weighted by Crippen LogP contribution is -2.37. The first-order valence-corrected chi connectivity index (χ1v) is 10.3. The van der Waals surface area contributed by atoms with Gasteiger partial charge in [-0.3, -0.25) is 9.10 Å². The van der Waals surface area contributed by atoms with E-state index < -0.39 is 22.5 Å². The van der Waals surface area contributed by atoms with Gasteiger partial charge in [-0.2, -0.15) is 0 Å². The molecule has 0 aliphatic carbocycles. The fourth-order valence-electron chi connectivity index (χ4n) is 2.55. The minimum Gasteiger partial charge on any atom is -0.497 e. The number of halogens is 1. The van der Waals surface area contributed by atoms with Crippen LogP contribution in [0.1, 0.15) is 6.92 Å². The van der Waals surface area contributed by atoms with Crippen molar-refractivity contribution < 1.29 is 32.2 Å². The summed E-state index contributed by atoms with van der Waals surface area (Å²) in [6, 6.07) is 8.64. The number of methoxy groups -OCH3 is 3. The van der Waals surface area contributed by atoms with Crippen LogP contribution in [-0.2, 0) is 19.6 Å². The summed E-state index contributed by atoms with van der Waals surface area (Å²) in [5.74, 6) is 0.220. The highest BCUT2D eigenvalue weighted by atomic mass is 35.5. The van der Waals surface area contributed by atoms with Crippen LogP contribution in [0.3, 0.4) is 0 Å². The molecule has 0 saturated heterocycles. The Labute approximate surface area is 174 Å². The van der Waals surface area contributed by atoms with E-state index in [1.165, 1.54) is 45.6 Å². The smallest absolute Gasteiger partial charge is 0.326 e. The molecule has 0 bridgehead atoms. The van der Waals surface area contributed by atoms with Gasteiger partial charge in [0.25, 0.3) is 10.0 Å². The van der Waals surface area contributed by atoms with Crippen LogP contribution in [0.2, 0.25) is 5.02 Å². The van der Waals surface area contributed by atoms with Crippen molar-refractivity contribution in [3.8, 4) is 17.2 Å². The molecule has 0 spiro atoms. The summed E-state index contributed by atoms with van der Waals surface area (Å²) in [6.45, 7) is 1.17. The van der Waals surface area contributed by atoms with Crippen molar-refractivity contribution in [1.82, 2.24) is 0 Å². The predicted octanol–water partition coefficient (Wildman–Crippen LogP) is 3.12. The molecule has 0 heterocycles. The van der Waals surface area contributed by atoms with Gasteiger partial charge in [0.1, 0.15) is 23.8 Å². The third kappa shape index (κ3) is 5.04. The SMILES string of the molecule is CCOC(=O)CN(c1cc(OC)ccc1OC)S(=O)(=O)c1ccc(OC)c(Cl)c1. The van der Waals surface area contributed by atoms with Gasteiger partial charge in [0, 0.05) is 6.07 Å². The fraction of sp³-hybridized carbons (Fsp3) is 0.316. The summed E-state index contributed by atoms with van der Waals surface area (Å²) in [6.07, 6.45) is 0. The van der Waals surface area contributed by atoms with Gasteiger partial charge in [0.15, 0.2) is 0 Å². The Morgan fingerprint density at radius 2 is 1.66 bits per heavy atom. The highest BCUT2D eigenvalue weighted by Gasteiger charge is 2.31. The van der Waals surface area contributed by atoms with Crippen LogP contribution in [0.4, 0.5) is 5.69 Å². The van der Waals surface area contributed by atoms with Gasteiger partial charge in [-0.1, -0.05) is 11.6 Å². The molecule has 10 heteroatoms. The third-order valence-corrected chi connectivity index (χ3v) is 6.00. The number of ether oxygens (including phenoxy) is 4. The molecule has 2 aromatic carbocycles. The minimum absolute atomic E-state index is 0.107. The van der Waals surface area contributed by atoms with Crippen LogP contribution in [-0.4, -0.2) is 48.9 Å². The van der Waals surface area contributed by atoms with Gasteiger partial charge < -0.3 is 18.9 Å². The number of hydrogen-bond acceptors (Lipinski definition) is 7. The highest BCUT2D eigenvalue weighted by Crippen LogP contribution is 2.37. The van der Waals surface area contributed by atoms with Crippen molar-refractivity contribution >= 4 is 33.3 Å². The van der Waals surface area contributed by atoms with Gasteiger partial charge >= 0.3 is 5.97 Å². The monoisotopic (exact) mass is 443 g/mol. The van der Waals surface area contributed by atoms with E-state index in [-0.39, 0.29) is 28.0 Å². The molecule has 0 aliphatic heterocycles. The number of esters is 1. The maximum atomic E-state index is 13.4. The summed E-state index contributed by atoms with van der Waals surface area (Å²) < 4.78 is 48.2. The number of carbonyl (C=O) groups is 1. The Kier molecular flexibility index (Phi) is 7.58. The van der Waals surface area contributed by atoms with Crippen LogP contribution >= 0.6 is 11.6 Å². The molecule has 0 aromatic heterocycles. The summed E-state index contributed by atoms with van der Waals surface area (Å²) in [4.78, 5) is 12.1. The van der Waals surface area contributed by atoms with E-state index in [2.05, 4.69) is 0 Å². The lowest BCUT2D eigenvalue weighted by molar-refractivity contribution is -0.141. The highest BCUT2D eigenvalue weighted by molar-refractivity contribution is 7.92. The van der Waals surface area contributed by atoms with E-state index in [1.807, 2.05) is 0 Å². The Hall–Kier alpha value is -2.65. The summed E-state index contributed by atoms with van der Waals surface area (Å²) >= 11 is 6.10. The Morgan fingerprint density at radius 3 is 2.21 bits per heavy atom. The zero-order valence-electron chi connectivity index (χ0n) is 16.5. The molecular formula is C19H22ClNO7S. The molecule has 2 rings (SSSR count). The first-order valence-electron chi connectivity index (χ1n) is 8.52. The third-order valence-electron chi connectivity index (χ3n) is 3.94. The second-order valence-electron chi connectivity index (χ2n) is 5.65. The minimum atomic E-state index is -4.22. The van der Waals surface area contributed by atoms with Gasteiger partial charge in [0.05, 0.1) is 43.5 Å². The predicted molar refractivity (Wildman–Crippen MR) is 109 cm³/mol. The summed E-state index contributed by atoms with van der Waals surface area (Å²) in [5.41, 5.74) is 0.117. The zero-order valence-corrected chi connectivity index (χ0v) is 18.0. The molecule has 29 heavy (non-hydrogen) atoms. The second-order valence-corrected chi connectivity index (χ2v) is 7.92. The lowest BCUT2D eigenvalue weighted by Gasteiger charge is -2.25. The van der Waals surface area contributed by atoms with E-state index in [0.29, 0.717) is 11.5 Å². The second kappa shape index (κ2) is 9.71. The molecule has 0 N–H and O–H groups in total. The Balaban J connectivity index is 2.64. The molecule has 0 aliphatic rings. The first kappa shape index (κ1) is 22.6. The van der Waals surface area contributed by atoms with Crippen LogP contribution in [0.15, 0.2) is 41.3 Å². The number of rotatable bonds is 9. The van der Waals surface area contributed by atoms with E-state index in [9.17, 15) is 13.2 Å². The van der Waals surface area contributed by atoms with Crippen LogP contribution in [0, 0.1) is 0 Å². The molecule has 2 aromatic rings. The van der Waals surface area contributed by atoms with Crippen molar-refractivity contribution in [2.75, 3.05) is 38.8 Å². The van der Waals surface area contributed by atoms with Crippen LogP contribution in [0.25, 0.3) is 0 Å². The molecular weight excluding hydrogens is 422 g/mol. The number of benzene rings is 2. The van der Waals surface area contributed by atoms with Crippen molar-refractivity contribution in [1.29, 1.82) is 0 Å². The largest absolute Gasteiger partial charge is 0.497 e. The summed E-state index contributed by atoms with van der Waals surface area (Å²) in [5, 5.41) is 0.113. The molecule has 0 amide bonds. The lowest BCUT2D eigenvalue weighted by atomic mass is 10.2. The van der Waals surface area contributed by atoms with Gasteiger partial charge in [-0.15, -0.1) is 0 Å². The molecule has 158 valence electrons. The van der Waals surface area contributed by atoms with Crippen LogP contribution in [0.5, 0.6) is 17.2 Å². The number of sulfonamides is 1. The number of nitrogens with zero attached hydrogens (tertiary/aromatic N) is 1. The van der Waals surface area contributed by atoms with Crippen molar-refractivity contribution in [2.45, 2.75) is 11.8 Å². The zero-order chi connectivity index (χ0) is 21.6. The van der Waals surface area contributed by atoms with Gasteiger partial charge in [-0.05, 0) is 37.3 Å². The average molecular weight is 444 g/mol. The number of anilines is 1. The van der Waals surface area contributed by atoms with Crippen molar-refractivity contribution in [3.05, 3.63) is 41.4 Å². The van der Waals surface area contributed by atoms with Crippen LogP contribution < -0.4 is 18.5 Å². The molecule has 0 atom stereocenters. The number of carbonyl (C=O) groups excluding carboxylic acids is 1. The molecule has 8 nitrogen and oxygen atoms in total. The Morgan fingerprint density at radius 1 is 1.00 bits per heavy atom. The normalized spacial score (nSPS) is 10.9.